The van der Waals surface area contributed by atoms with Gasteiger partial charge in [0.1, 0.15) is 10.7 Å². The van der Waals surface area contributed by atoms with Crippen molar-refractivity contribution < 1.29 is 13.7 Å². The highest BCUT2D eigenvalue weighted by atomic mass is 32.1. The second-order valence-electron chi connectivity index (χ2n) is 4.02. The molecule has 2 aromatic heterocycles. The van der Waals surface area contributed by atoms with Gasteiger partial charge in [-0.2, -0.15) is 4.98 Å². The number of fused-ring (bicyclic) bond motifs is 1. The third-order valence-corrected chi connectivity index (χ3v) is 3.89. The largest absolute Gasteiger partial charge is 0.397 e. The zero-order chi connectivity index (χ0) is 14.1. The predicted molar refractivity (Wildman–Crippen MR) is 71.7 cm³/mol. The minimum absolute atomic E-state index is 0.136. The molecule has 1 amide bonds. The highest BCUT2D eigenvalue weighted by molar-refractivity contribution is 7.21. The smallest absolute Gasteiger partial charge is 0.263 e. The molecule has 0 aliphatic rings. The summed E-state index contributed by atoms with van der Waals surface area (Å²) in [6, 6.07) is 4.25. The lowest BCUT2D eigenvalue weighted by Gasteiger charge is -2.00. The van der Waals surface area contributed by atoms with E-state index < -0.39 is 0 Å². The number of hydrogen-bond acceptors (Lipinski definition) is 6. The number of nitrogens with zero attached hydrogens (tertiary/aromatic N) is 2. The number of carbonyl (C=O) groups excluding carboxylic acids is 1. The molecule has 0 aliphatic heterocycles. The fourth-order valence-corrected chi connectivity index (χ4v) is 2.79. The number of nitrogen functional groups attached to an aromatic ring is 1. The predicted octanol–water partition coefficient (Wildman–Crippen LogP) is 1.94. The van der Waals surface area contributed by atoms with E-state index in [1.807, 2.05) is 0 Å². The summed E-state index contributed by atoms with van der Waals surface area (Å²) in [5.74, 6) is -0.376. The highest BCUT2D eigenvalue weighted by Gasteiger charge is 2.17. The van der Waals surface area contributed by atoms with Crippen LogP contribution in [0.2, 0.25) is 0 Å². The molecule has 102 valence electrons. The van der Waals surface area contributed by atoms with Crippen LogP contribution in [-0.2, 0) is 6.54 Å². The Morgan fingerprint density at radius 3 is 3.10 bits per heavy atom. The number of benzene rings is 1. The van der Waals surface area contributed by atoms with Gasteiger partial charge in [-0.15, -0.1) is 11.3 Å². The van der Waals surface area contributed by atoms with Crippen LogP contribution in [0.5, 0.6) is 0 Å². The molecule has 3 aromatic rings. The third kappa shape index (κ3) is 2.21. The van der Waals surface area contributed by atoms with Crippen molar-refractivity contribution in [1.29, 1.82) is 0 Å². The number of halogens is 1. The van der Waals surface area contributed by atoms with Gasteiger partial charge in [0, 0.05) is 10.1 Å². The maximum absolute atomic E-state index is 13.2. The topological polar surface area (TPSA) is 94.0 Å². The van der Waals surface area contributed by atoms with Gasteiger partial charge in [-0.3, -0.25) is 4.79 Å². The molecule has 0 radical (unpaired) electrons. The first-order chi connectivity index (χ1) is 9.65. The average Bonchev–Trinajstić information content (AvgIpc) is 3.05. The Hall–Kier alpha value is -2.48. The molecule has 2 heterocycles. The van der Waals surface area contributed by atoms with Crippen molar-refractivity contribution in [3.8, 4) is 0 Å². The van der Waals surface area contributed by atoms with E-state index in [-0.39, 0.29) is 24.0 Å². The summed E-state index contributed by atoms with van der Waals surface area (Å²) in [4.78, 5) is 16.2. The molecule has 8 heteroatoms. The number of anilines is 1. The monoisotopic (exact) mass is 292 g/mol. The van der Waals surface area contributed by atoms with Crippen molar-refractivity contribution in [3.05, 3.63) is 41.1 Å². The molecule has 0 spiro atoms. The third-order valence-electron chi connectivity index (χ3n) is 2.71. The van der Waals surface area contributed by atoms with E-state index in [9.17, 15) is 9.18 Å². The molecular weight excluding hydrogens is 283 g/mol. The molecule has 0 saturated carbocycles. The van der Waals surface area contributed by atoms with Gasteiger partial charge in [0.05, 0.1) is 12.2 Å². The van der Waals surface area contributed by atoms with Gasteiger partial charge < -0.3 is 15.6 Å². The zero-order valence-corrected chi connectivity index (χ0v) is 10.9. The number of nitrogens with two attached hydrogens (primary N) is 1. The molecule has 0 aliphatic carbocycles. The molecule has 0 unspecified atom stereocenters. The van der Waals surface area contributed by atoms with Gasteiger partial charge in [0.15, 0.2) is 5.82 Å². The molecule has 6 nitrogen and oxygen atoms in total. The summed E-state index contributed by atoms with van der Waals surface area (Å²) in [6.07, 6.45) is 1.18. The number of aromatic nitrogens is 2. The van der Waals surface area contributed by atoms with Crippen molar-refractivity contribution in [3.63, 3.8) is 0 Å². The van der Waals surface area contributed by atoms with Crippen LogP contribution in [0.1, 0.15) is 15.5 Å². The van der Waals surface area contributed by atoms with Gasteiger partial charge in [-0.1, -0.05) is 5.16 Å². The van der Waals surface area contributed by atoms with E-state index in [1.54, 1.807) is 6.07 Å². The SMILES string of the molecule is Nc1c(C(=O)NCc2ncon2)sc2ccc(F)cc12. The zero-order valence-electron chi connectivity index (χ0n) is 10.1. The van der Waals surface area contributed by atoms with Crippen molar-refractivity contribution in [2.24, 2.45) is 0 Å². The van der Waals surface area contributed by atoms with Crippen LogP contribution >= 0.6 is 11.3 Å². The molecule has 0 fully saturated rings. The lowest BCUT2D eigenvalue weighted by atomic mass is 10.2. The van der Waals surface area contributed by atoms with E-state index in [4.69, 9.17) is 5.73 Å². The quantitative estimate of drug-likeness (QED) is 0.769. The summed E-state index contributed by atoms with van der Waals surface area (Å²) < 4.78 is 18.5. The Morgan fingerprint density at radius 1 is 1.50 bits per heavy atom. The van der Waals surface area contributed by atoms with E-state index in [2.05, 4.69) is 20.0 Å². The number of amides is 1. The second kappa shape index (κ2) is 4.89. The number of rotatable bonds is 3. The van der Waals surface area contributed by atoms with E-state index in [1.165, 1.54) is 29.9 Å². The maximum atomic E-state index is 13.2. The first-order valence-electron chi connectivity index (χ1n) is 5.66. The van der Waals surface area contributed by atoms with Crippen LogP contribution in [0.25, 0.3) is 10.1 Å². The molecule has 20 heavy (non-hydrogen) atoms. The summed E-state index contributed by atoms with van der Waals surface area (Å²) in [5.41, 5.74) is 6.16. The van der Waals surface area contributed by atoms with Crippen LogP contribution in [-0.4, -0.2) is 16.0 Å². The van der Waals surface area contributed by atoms with Gasteiger partial charge in [0.2, 0.25) is 6.39 Å². The van der Waals surface area contributed by atoms with Gasteiger partial charge >= 0.3 is 0 Å². The number of thiophene rings is 1. The van der Waals surface area contributed by atoms with E-state index >= 15 is 0 Å². The standard InChI is InChI=1S/C12H9FN4O2S/c13-6-1-2-8-7(3-6)10(14)11(20-8)12(18)15-4-9-16-5-19-17-9/h1-3,5H,4,14H2,(H,15,18). The molecule has 1 aromatic carbocycles. The second-order valence-corrected chi connectivity index (χ2v) is 5.07. The minimum atomic E-state index is -0.388. The Kier molecular flexibility index (Phi) is 3.07. The number of carbonyl (C=O) groups is 1. The first-order valence-corrected chi connectivity index (χ1v) is 6.48. The Labute approximate surface area is 116 Å². The molecule has 3 N–H and O–H groups in total. The van der Waals surface area contributed by atoms with E-state index in [0.717, 1.165) is 4.70 Å². The van der Waals surface area contributed by atoms with Crippen LogP contribution in [0.3, 0.4) is 0 Å². The molecule has 0 saturated heterocycles. The Balaban J connectivity index is 1.86. The fraction of sp³-hybridized carbons (Fsp3) is 0.0833. The van der Waals surface area contributed by atoms with Crippen LogP contribution < -0.4 is 11.1 Å². The first kappa shape index (κ1) is 12.5. The van der Waals surface area contributed by atoms with Crippen LogP contribution in [0.15, 0.2) is 29.1 Å². The lowest BCUT2D eigenvalue weighted by Crippen LogP contribution is -2.23. The summed E-state index contributed by atoms with van der Waals surface area (Å²) >= 11 is 1.21. The molecule has 3 rings (SSSR count). The van der Waals surface area contributed by atoms with Crippen molar-refractivity contribution in [2.75, 3.05) is 5.73 Å². The van der Waals surface area contributed by atoms with Crippen LogP contribution in [0, 0.1) is 5.82 Å². The normalized spacial score (nSPS) is 10.8. The fourth-order valence-electron chi connectivity index (χ4n) is 1.77. The van der Waals surface area contributed by atoms with Crippen molar-refractivity contribution >= 4 is 33.0 Å². The van der Waals surface area contributed by atoms with Gasteiger partial charge in [0.25, 0.3) is 5.91 Å². The molecule has 0 atom stereocenters. The Morgan fingerprint density at radius 2 is 2.35 bits per heavy atom. The number of hydrogen-bond donors (Lipinski definition) is 2. The van der Waals surface area contributed by atoms with Crippen LogP contribution in [0.4, 0.5) is 10.1 Å². The Bertz CT molecular complexity index is 769. The molecular formula is C12H9FN4O2S. The minimum Gasteiger partial charge on any atom is -0.397 e. The molecule has 0 bridgehead atoms. The lowest BCUT2D eigenvalue weighted by molar-refractivity contribution is 0.0954. The number of nitrogens with one attached hydrogen (secondary N) is 1. The average molecular weight is 292 g/mol. The van der Waals surface area contributed by atoms with Crippen molar-refractivity contribution in [1.82, 2.24) is 15.5 Å². The highest BCUT2D eigenvalue weighted by Crippen LogP contribution is 2.33. The summed E-state index contributed by atoms with van der Waals surface area (Å²) in [7, 11) is 0. The van der Waals surface area contributed by atoms with Gasteiger partial charge in [-0.25, -0.2) is 4.39 Å². The van der Waals surface area contributed by atoms with E-state index in [0.29, 0.717) is 16.1 Å². The van der Waals surface area contributed by atoms with Gasteiger partial charge in [-0.05, 0) is 18.2 Å². The van der Waals surface area contributed by atoms with Crippen molar-refractivity contribution in [2.45, 2.75) is 6.54 Å². The summed E-state index contributed by atoms with van der Waals surface area (Å²) in [6.45, 7) is 0.136. The summed E-state index contributed by atoms with van der Waals surface area (Å²) in [5, 5.41) is 6.75. The maximum Gasteiger partial charge on any atom is 0.263 e.